The largest absolute Gasteiger partial charge is 0.423 e. The van der Waals surface area contributed by atoms with E-state index in [1.54, 1.807) is 24.5 Å². The fourth-order valence-electron chi connectivity index (χ4n) is 4.40. The van der Waals surface area contributed by atoms with Gasteiger partial charge in [-0.15, -0.1) is 5.10 Å². The molecule has 0 bridgehead atoms. The quantitative estimate of drug-likeness (QED) is 0.416. The summed E-state index contributed by atoms with van der Waals surface area (Å²) in [4.78, 5) is 22.2. The molecule has 4 heterocycles. The number of amides is 1. The Morgan fingerprint density at radius 2 is 2.12 bits per heavy atom. The first-order valence-electron chi connectivity index (χ1n) is 10.9. The average molecular weight is 465 g/mol. The molecule has 33 heavy (non-hydrogen) atoms. The number of hydrogen-bond acceptors (Lipinski definition) is 6. The van der Waals surface area contributed by atoms with E-state index in [1.165, 1.54) is 4.68 Å². The van der Waals surface area contributed by atoms with Crippen LogP contribution in [0.25, 0.3) is 16.8 Å². The lowest BCUT2D eigenvalue weighted by Crippen LogP contribution is -2.66. The minimum Gasteiger partial charge on any atom is -0.423 e. The maximum atomic E-state index is 13.6. The van der Waals surface area contributed by atoms with Gasteiger partial charge in [-0.3, -0.25) is 4.79 Å². The number of likely N-dealkylation sites (tertiary alicyclic amines) is 1. The summed E-state index contributed by atoms with van der Waals surface area (Å²) < 4.78 is 7.49. The number of anilines is 1. The summed E-state index contributed by atoms with van der Waals surface area (Å²) in [6, 6.07) is 6.08. The van der Waals surface area contributed by atoms with Crippen LogP contribution in [0.15, 0.2) is 64.9 Å². The van der Waals surface area contributed by atoms with Gasteiger partial charge in [0.15, 0.2) is 5.58 Å². The van der Waals surface area contributed by atoms with Crippen LogP contribution in [0, 0.1) is 5.92 Å². The third kappa shape index (κ3) is 4.06. The molecule has 2 aliphatic heterocycles. The van der Waals surface area contributed by atoms with Crippen molar-refractivity contribution in [1.82, 2.24) is 24.9 Å². The number of aromatic nitrogens is 4. The summed E-state index contributed by atoms with van der Waals surface area (Å²) in [6.07, 6.45) is 7.97. The maximum absolute atomic E-state index is 13.6. The molecule has 170 valence electrons. The van der Waals surface area contributed by atoms with Crippen LogP contribution in [0.4, 0.5) is 6.01 Å². The highest BCUT2D eigenvalue weighted by Crippen LogP contribution is 2.37. The van der Waals surface area contributed by atoms with Gasteiger partial charge in [0.2, 0.25) is 0 Å². The Hall–Kier alpha value is -3.39. The number of piperidine rings is 1. The number of oxazole rings is 1. The van der Waals surface area contributed by atoms with Gasteiger partial charge in [0.1, 0.15) is 5.52 Å². The van der Waals surface area contributed by atoms with E-state index in [9.17, 15) is 4.79 Å². The molecule has 9 heteroatoms. The second-order valence-corrected chi connectivity index (χ2v) is 9.18. The number of hydrogen-bond donors (Lipinski definition) is 0. The summed E-state index contributed by atoms with van der Waals surface area (Å²) >= 11 is 6.08. The minimum absolute atomic E-state index is 0.0551. The van der Waals surface area contributed by atoms with Crippen LogP contribution in [0.2, 0.25) is 5.02 Å². The van der Waals surface area contributed by atoms with E-state index in [-0.39, 0.29) is 11.9 Å². The summed E-state index contributed by atoms with van der Waals surface area (Å²) in [5, 5.41) is 8.46. The van der Waals surface area contributed by atoms with Crippen LogP contribution in [0.3, 0.4) is 0 Å². The van der Waals surface area contributed by atoms with Gasteiger partial charge in [-0.05, 0) is 38.5 Å². The monoisotopic (exact) mass is 464 g/mol. The zero-order valence-corrected chi connectivity index (χ0v) is 19.4. The molecular weight excluding hydrogens is 440 g/mol. The highest BCUT2D eigenvalue weighted by atomic mass is 35.5. The van der Waals surface area contributed by atoms with E-state index in [0.29, 0.717) is 40.4 Å². The normalized spacial score (nSPS) is 20.4. The molecule has 0 N–H and O–H groups in total. The zero-order valence-electron chi connectivity index (χ0n) is 18.6. The topological polar surface area (TPSA) is 80.3 Å². The molecule has 0 radical (unpaired) electrons. The van der Waals surface area contributed by atoms with Crippen molar-refractivity contribution in [3.63, 3.8) is 0 Å². The summed E-state index contributed by atoms with van der Waals surface area (Å²) in [5.41, 5.74) is 3.54. The van der Waals surface area contributed by atoms with Gasteiger partial charge < -0.3 is 14.2 Å². The van der Waals surface area contributed by atoms with E-state index >= 15 is 0 Å². The van der Waals surface area contributed by atoms with Crippen molar-refractivity contribution in [2.24, 2.45) is 5.92 Å². The first-order valence-corrected chi connectivity index (χ1v) is 11.3. The lowest BCUT2D eigenvalue weighted by molar-refractivity contribution is -0.139. The lowest BCUT2D eigenvalue weighted by atomic mass is 9.81. The van der Waals surface area contributed by atoms with Crippen molar-refractivity contribution < 1.29 is 9.21 Å². The van der Waals surface area contributed by atoms with Crippen molar-refractivity contribution in [2.45, 2.75) is 26.3 Å². The molecule has 1 aromatic carbocycles. The summed E-state index contributed by atoms with van der Waals surface area (Å²) in [7, 11) is 0. The van der Waals surface area contributed by atoms with E-state index < -0.39 is 0 Å². The predicted octanol–water partition coefficient (Wildman–Crippen LogP) is 4.17. The van der Waals surface area contributed by atoms with Crippen LogP contribution < -0.4 is 4.90 Å². The Kier molecular flexibility index (Phi) is 5.54. The molecule has 8 nitrogen and oxygen atoms in total. The third-order valence-corrected chi connectivity index (χ3v) is 6.48. The molecule has 3 aromatic rings. The highest BCUT2D eigenvalue weighted by Gasteiger charge is 2.46. The molecule has 2 aromatic heterocycles. The average Bonchev–Trinajstić information content (AvgIpc) is 3.44. The van der Waals surface area contributed by atoms with Crippen molar-refractivity contribution in [3.8, 4) is 0 Å². The molecule has 2 atom stereocenters. The van der Waals surface area contributed by atoms with Crippen LogP contribution in [-0.2, 0) is 4.79 Å². The molecule has 0 spiro atoms. The second-order valence-electron chi connectivity index (χ2n) is 8.75. The van der Waals surface area contributed by atoms with Gasteiger partial charge in [0.05, 0.1) is 29.7 Å². The van der Waals surface area contributed by atoms with Crippen LogP contribution in [0.5, 0.6) is 0 Å². The summed E-state index contributed by atoms with van der Waals surface area (Å²) in [5.74, 6) is 0.411. The van der Waals surface area contributed by atoms with Gasteiger partial charge in [-0.2, -0.15) is 4.98 Å². The van der Waals surface area contributed by atoms with Gasteiger partial charge in [-0.1, -0.05) is 35.0 Å². The molecule has 0 aliphatic carbocycles. The maximum Gasteiger partial charge on any atom is 0.298 e. The van der Waals surface area contributed by atoms with E-state index in [4.69, 9.17) is 16.0 Å². The molecule has 2 saturated heterocycles. The standard InChI is InChI=1S/C24H25ClN6O2/c1-15(2)4-6-19(16(3)31-11-9-26-28-31)23(32)30-13-17-8-10-29(14-21(17)30)24-27-20-7-5-18(25)12-22(20)33-24/h4-7,9,11-12,17,21H,3,8,10,13-14H2,1-2H3/b19-6+. The summed E-state index contributed by atoms with van der Waals surface area (Å²) in [6.45, 7) is 10.3. The number of carbonyl (C=O) groups is 1. The van der Waals surface area contributed by atoms with Crippen LogP contribution in [0.1, 0.15) is 20.3 Å². The lowest BCUT2D eigenvalue weighted by Gasteiger charge is -2.53. The smallest absolute Gasteiger partial charge is 0.298 e. The molecule has 2 aliphatic rings. The number of halogens is 1. The van der Waals surface area contributed by atoms with E-state index in [2.05, 4.69) is 26.8 Å². The van der Waals surface area contributed by atoms with Crippen LogP contribution in [-0.4, -0.2) is 56.5 Å². The number of fused-ring (bicyclic) bond motifs is 2. The Balaban J connectivity index is 1.37. The Labute approximate surface area is 196 Å². The predicted molar refractivity (Wildman–Crippen MR) is 128 cm³/mol. The molecular formula is C24H25ClN6O2. The van der Waals surface area contributed by atoms with Crippen molar-refractivity contribution >= 4 is 40.3 Å². The number of rotatable bonds is 5. The third-order valence-electron chi connectivity index (χ3n) is 6.25. The molecule has 2 unspecified atom stereocenters. The van der Waals surface area contributed by atoms with Gasteiger partial charge in [-0.25, -0.2) is 4.68 Å². The van der Waals surface area contributed by atoms with Crippen molar-refractivity contribution in [3.05, 3.63) is 65.5 Å². The number of nitrogens with zero attached hydrogens (tertiary/aromatic N) is 6. The second kappa shape index (κ2) is 8.51. The fraction of sp³-hybridized carbons (Fsp3) is 0.333. The van der Waals surface area contributed by atoms with Gasteiger partial charge >= 0.3 is 0 Å². The molecule has 5 rings (SSSR count). The molecule has 2 fully saturated rings. The SMILES string of the molecule is C=C(/C(=C\C=C(C)C)C(=O)N1CC2CCN(c3nc4ccc(Cl)cc4o3)CC21)n1ccnn1. The molecule has 0 saturated carbocycles. The van der Waals surface area contributed by atoms with Crippen molar-refractivity contribution in [1.29, 1.82) is 0 Å². The number of allylic oxidation sites excluding steroid dienone is 3. The number of carbonyl (C=O) groups excluding carboxylic acids is 1. The van der Waals surface area contributed by atoms with Gasteiger partial charge in [0, 0.05) is 36.6 Å². The van der Waals surface area contributed by atoms with E-state index in [0.717, 1.165) is 30.6 Å². The first kappa shape index (κ1) is 21.5. The Bertz CT molecular complexity index is 1270. The van der Waals surface area contributed by atoms with Crippen molar-refractivity contribution in [2.75, 3.05) is 24.5 Å². The minimum atomic E-state index is -0.0551. The number of benzene rings is 1. The van der Waals surface area contributed by atoms with Gasteiger partial charge in [0.25, 0.3) is 11.9 Å². The Morgan fingerprint density at radius 1 is 1.27 bits per heavy atom. The van der Waals surface area contributed by atoms with E-state index in [1.807, 2.05) is 37.0 Å². The van der Waals surface area contributed by atoms with Crippen LogP contribution >= 0.6 is 11.6 Å². The molecule has 1 amide bonds. The Morgan fingerprint density at radius 3 is 2.88 bits per heavy atom. The first-order chi connectivity index (χ1) is 15.9. The zero-order chi connectivity index (χ0) is 23.1. The fourth-order valence-corrected chi connectivity index (χ4v) is 4.56. The highest BCUT2D eigenvalue weighted by molar-refractivity contribution is 6.31.